The maximum absolute atomic E-state index is 5.67. The van der Waals surface area contributed by atoms with Crippen molar-refractivity contribution in [2.45, 2.75) is 26.3 Å². The number of hydrogen-bond acceptors (Lipinski definition) is 5. The van der Waals surface area contributed by atoms with Gasteiger partial charge in [0.25, 0.3) is 0 Å². The number of aromatic nitrogens is 4. The molecule has 2 aromatic rings. The first-order valence-electron chi connectivity index (χ1n) is 4.73. The van der Waals surface area contributed by atoms with Crippen LogP contribution in [0.2, 0.25) is 0 Å². The number of nitrogens with zero attached hydrogens (tertiary/aromatic N) is 3. The van der Waals surface area contributed by atoms with Crippen molar-refractivity contribution < 1.29 is 0 Å². The Balaban J connectivity index is 2.11. The number of thiazole rings is 1. The molecule has 3 N–H and O–H groups in total. The molecular weight excluding hydrogens is 210 g/mol. The van der Waals surface area contributed by atoms with Crippen LogP contribution in [0, 0.1) is 6.92 Å². The zero-order valence-electron chi connectivity index (χ0n) is 8.69. The lowest BCUT2D eigenvalue weighted by atomic mass is 10.3. The van der Waals surface area contributed by atoms with Crippen LogP contribution < -0.4 is 5.73 Å². The van der Waals surface area contributed by atoms with Crippen LogP contribution in [0.1, 0.15) is 35.3 Å². The molecule has 0 aliphatic rings. The Kier molecular flexibility index (Phi) is 2.79. The largest absolute Gasteiger partial charge is 0.321 e. The number of nitrogens with one attached hydrogen (secondary N) is 1. The smallest absolute Gasteiger partial charge is 0.167 e. The van der Waals surface area contributed by atoms with Crippen molar-refractivity contribution >= 4 is 11.3 Å². The summed E-state index contributed by atoms with van der Waals surface area (Å²) in [5.41, 5.74) is 6.68. The van der Waals surface area contributed by atoms with Crippen molar-refractivity contribution in [2.24, 2.45) is 5.73 Å². The van der Waals surface area contributed by atoms with Gasteiger partial charge in [-0.05, 0) is 13.8 Å². The van der Waals surface area contributed by atoms with E-state index >= 15 is 0 Å². The lowest BCUT2D eigenvalue weighted by Gasteiger charge is -1.94. The highest BCUT2D eigenvalue weighted by molar-refractivity contribution is 7.09. The molecule has 6 heteroatoms. The normalized spacial score (nSPS) is 13.0. The molecule has 0 saturated heterocycles. The summed E-state index contributed by atoms with van der Waals surface area (Å²) in [7, 11) is 0. The van der Waals surface area contributed by atoms with Crippen molar-refractivity contribution in [3.63, 3.8) is 0 Å². The standard InChI is InChI=1S/C9H13N5S/c1-5(10)9-12-8(13-14-9)3-7-4-15-6(2)11-7/h4-5H,3,10H2,1-2H3,(H,12,13,14). The summed E-state index contributed by atoms with van der Waals surface area (Å²) in [5, 5.41) is 10.00. The minimum atomic E-state index is -0.132. The van der Waals surface area contributed by atoms with Crippen molar-refractivity contribution in [1.29, 1.82) is 0 Å². The fourth-order valence-corrected chi connectivity index (χ4v) is 1.87. The Bertz CT molecular complexity index is 445. The van der Waals surface area contributed by atoms with Crippen LogP contribution in [-0.2, 0) is 6.42 Å². The van der Waals surface area contributed by atoms with E-state index in [0.29, 0.717) is 12.2 Å². The summed E-state index contributed by atoms with van der Waals surface area (Å²) in [4.78, 5) is 8.65. The molecule has 2 rings (SSSR count). The van der Waals surface area contributed by atoms with Gasteiger partial charge in [-0.25, -0.2) is 9.97 Å². The molecular formula is C9H13N5S. The Labute approximate surface area is 91.8 Å². The zero-order valence-corrected chi connectivity index (χ0v) is 9.51. The maximum atomic E-state index is 5.67. The third kappa shape index (κ3) is 2.40. The van der Waals surface area contributed by atoms with Gasteiger partial charge in [0.1, 0.15) is 5.82 Å². The lowest BCUT2D eigenvalue weighted by Crippen LogP contribution is -2.06. The van der Waals surface area contributed by atoms with Gasteiger partial charge in [-0.15, -0.1) is 11.3 Å². The van der Waals surface area contributed by atoms with Crippen LogP contribution >= 0.6 is 11.3 Å². The van der Waals surface area contributed by atoms with Crippen LogP contribution in [0.3, 0.4) is 0 Å². The van der Waals surface area contributed by atoms with E-state index in [1.165, 1.54) is 0 Å². The van der Waals surface area contributed by atoms with Crippen molar-refractivity contribution in [1.82, 2.24) is 20.2 Å². The molecule has 1 atom stereocenters. The van der Waals surface area contributed by atoms with E-state index in [9.17, 15) is 0 Å². The predicted molar refractivity (Wildman–Crippen MR) is 58.6 cm³/mol. The number of aromatic amines is 1. The topological polar surface area (TPSA) is 80.5 Å². The number of H-pyrrole nitrogens is 1. The minimum absolute atomic E-state index is 0.132. The Morgan fingerprint density at radius 3 is 2.87 bits per heavy atom. The SMILES string of the molecule is Cc1nc(Cc2nc(C(C)N)n[nH]2)cs1. The van der Waals surface area contributed by atoms with E-state index in [1.807, 2.05) is 19.2 Å². The third-order valence-corrected chi connectivity index (χ3v) is 2.79. The Morgan fingerprint density at radius 1 is 1.53 bits per heavy atom. The second-order valence-electron chi connectivity index (χ2n) is 3.46. The summed E-state index contributed by atoms with van der Waals surface area (Å²) in [6.45, 7) is 3.85. The molecule has 0 spiro atoms. The van der Waals surface area contributed by atoms with Gasteiger partial charge in [0.05, 0.1) is 23.2 Å². The molecule has 0 amide bonds. The van der Waals surface area contributed by atoms with Gasteiger partial charge in [0.15, 0.2) is 5.82 Å². The molecule has 15 heavy (non-hydrogen) atoms. The molecule has 2 heterocycles. The summed E-state index contributed by atoms with van der Waals surface area (Å²) < 4.78 is 0. The van der Waals surface area contributed by atoms with Crippen LogP contribution in [0.15, 0.2) is 5.38 Å². The summed E-state index contributed by atoms with van der Waals surface area (Å²) in [6.07, 6.45) is 0.685. The molecule has 0 fully saturated rings. The van der Waals surface area contributed by atoms with Gasteiger partial charge >= 0.3 is 0 Å². The second-order valence-corrected chi connectivity index (χ2v) is 4.53. The molecule has 2 aromatic heterocycles. The average molecular weight is 223 g/mol. The summed E-state index contributed by atoms with van der Waals surface area (Å²) in [5.74, 6) is 1.46. The quantitative estimate of drug-likeness (QED) is 0.818. The van der Waals surface area contributed by atoms with Crippen LogP contribution in [0.4, 0.5) is 0 Å². The minimum Gasteiger partial charge on any atom is -0.321 e. The van der Waals surface area contributed by atoms with Crippen molar-refractivity contribution in [3.8, 4) is 0 Å². The summed E-state index contributed by atoms with van der Waals surface area (Å²) in [6, 6.07) is -0.132. The molecule has 1 unspecified atom stereocenters. The van der Waals surface area contributed by atoms with Crippen LogP contribution in [-0.4, -0.2) is 20.2 Å². The van der Waals surface area contributed by atoms with Gasteiger partial charge in [0, 0.05) is 5.38 Å². The highest BCUT2D eigenvalue weighted by Crippen LogP contribution is 2.11. The molecule has 0 saturated carbocycles. The molecule has 0 aromatic carbocycles. The highest BCUT2D eigenvalue weighted by atomic mass is 32.1. The van der Waals surface area contributed by atoms with E-state index in [4.69, 9.17) is 5.73 Å². The van der Waals surface area contributed by atoms with Gasteiger partial charge in [-0.2, -0.15) is 5.10 Å². The van der Waals surface area contributed by atoms with Gasteiger partial charge in [-0.1, -0.05) is 0 Å². The van der Waals surface area contributed by atoms with Gasteiger partial charge in [0.2, 0.25) is 0 Å². The number of nitrogens with two attached hydrogens (primary N) is 1. The molecule has 0 bridgehead atoms. The number of aryl methyl sites for hydroxylation is 1. The van der Waals surface area contributed by atoms with Crippen LogP contribution in [0.25, 0.3) is 0 Å². The van der Waals surface area contributed by atoms with E-state index in [1.54, 1.807) is 11.3 Å². The first-order valence-corrected chi connectivity index (χ1v) is 5.61. The molecule has 0 aliphatic carbocycles. The first-order chi connectivity index (χ1) is 7.15. The zero-order chi connectivity index (χ0) is 10.8. The van der Waals surface area contributed by atoms with E-state index < -0.39 is 0 Å². The Morgan fingerprint density at radius 2 is 2.33 bits per heavy atom. The van der Waals surface area contributed by atoms with E-state index in [-0.39, 0.29) is 6.04 Å². The van der Waals surface area contributed by atoms with E-state index in [0.717, 1.165) is 16.5 Å². The third-order valence-electron chi connectivity index (χ3n) is 1.97. The second kappa shape index (κ2) is 4.08. The molecule has 5 nitrogen and oxygen atoms in total. The van der Waals surface area contributed by atoms with Gasteiger partial charge < -0.3 is 5.73 Å². The van der Waals surface area contributed by atoms with Crippen LogP contribution in [0.5, 0.6) is 0 Å². The number of hydrogen-bond donors (Lipinski definition) is 2. The highest BCUT2D eigenvalue weighted by Gasteiger charge is 2.08. The predicted octanol–water partition coefficient (Wildman–Crippen LogP) is 1.18. The maximum Gasteiger partial charge on any atom is 0.167 e. The van der Waals surface area contributed by atoms with Crippen molar-refractivity contribution in [3.05, 3.63) is 27.7 Å². The Hall–Kier alpha value is -1.27. The average Bonchev–Trinajstić information content (AvgIpc) is 2.76. The lowest BCUT2D eigenvalue weighted by molar-refractivity contribution is 0.744. The first kappa shape index (κ1) is 10.3. The molecule has 0 radical (unpaired) electrons. The van der Waals surface area contributed by atoms with Gasteiger partial charge in [-0.3, -0.25) is 5.10 Å². The van der Waals surface area contributed by atoms with E-state index in [2.05, 4.69) is 20.2 Å². The molecule has 0 aliphatic heterocycles. The molecule has 80 valence electrons. The number of rotatable bonds is 3. The fourth-order valence-electron chi connectivity index (χ4n) is 1.25. The fraction of sp³-hybridized carbons (Fsp3) is 0.444. The van der Waals surface area contributed by atoms with Crippen molar-refractivity contribution in [2.75, 3.05) is 0 Å². The summed E-state index contributed by atoms with van der Waals surface area (Å²) >= 11 is 1.64. The monoisotopic (exact) mass is 223 g/mol.